The van der Waals surface area contributed by atoms with Crippen LogP contribution < -0.4 is 5.56 Å². The van der Waals surface area contributed by atoms with E-state index in [1.807, 2.05) is 0 Å². The first-order valence-electron chi connectivity index (χ1n) is 4.91. The average molecular weight is 262 g/mol. The molecule has 8 heteroatoms. The van der Waals surface area contributed by atoms with E-state index in [9.17, 15) is 14.3 Å². The van der Waals surface area contributed by atoms with Gasteiger partial charge < -0.3 is 19.5 Å². The van der Waals surface area contributed by atoms with Crippen LogP contribution in [0, 0.1) is 4.77 Å². The number of hydrogen-bond acceptors (Lipinski definition) is 5. The third-order valence-electron chi connectivity index (χ3n) is 2.72. The molecule has 94 valence electrons. The topological polar surface area (TPSA) is 87.5 Å². The number of nitrogens with zero attached hydrogens (tertiary/aromatic N) is 1. The maximum Gasteiger partial charge on any atom is 0.260 e. The van der Waals surface area contributed by atoms with Gasteiger partial charge in [-0.3, -0.25) is 9.78 Å². The summed E-state index contributed by atoms with van der Waals surface area (Å²) in [4.78, 5) is 13.3. The Morgan fingerprint density at radius 1 is 1.76 bits per heavy atom. The van der Waals surface area contributed by atoms with Crippen LogP contribution in [0.25, 0.3) is 0 Å². The highest BCUT2D eigenvalue weighted by molar-refractivity contribution is 7.71. The SMILES string of the molecule is O=c1ccn(C2CO[C@](F)(CO)[C@H]2O)c(=S)[nH]1. The number of alkyl halides is 1. The minimum Gasteiger partial charge on any atom is -0.390 e. The van der Waals surface area contributed by atoms with E-state index in [1.165, 1.54) is 16.8 Å². The highest BCUT2D eigenvalue weighted by Crippen LogP contribution is 2.34. The van der Waals surface area contributed by atoms with Crippen LogP contribution in [0.3, 0.4) is 0 Å². The fourth-order valence-corrected chi connectivity index (χ4v) is 2.04. The first-order valence-corrected chi connectivity index (χ1v) is 5.32. The lowest BCUT2D eigenvalue weighted by Gasteiger charge is -2.22. The molecular weight excluding hydrogens is 251 g/mol. The van der Waals surface area contributed by atoms with Crippen molar-refractivity contribution in [1.29, 1.82) is 0 Å². The molecule has 1 saturated heterocycles. The van der Waals surface area contributed by atoms with Gasteiger partial charge in [-0.1, -0.05) is 0 Å². The summed E-state index contributed by atoms with van der Waals surface area (Å²) in [6.45, 7) is -1.08. The van der Waals surface area contributed by atoms with Gasteiger partial charge in [-0.25, -0.2) is 4.39 Å². The highest BCUT2D eigenvalue weighted by atomic mass is 32.1. The number of aliphatic hydroxyl groups is 2. The van der Waals surface area contributed by atoms with Crippen molar-refractivity contribution < 1.29 is 19.3 Å². The molecule has 0 aromatic carbocycles. The summed E-state index contributed by atoms with van der Waals surface area (Å²) >= 11 is 4.90. The second-order valence-corrected chi connectivity index (χ2v) is 4.17. The van der Waals surface area contributed by atoms with Crippen molar-refractivity contribution >= 4 is 12.2 Å². The van der Waals surface area contributed by atoms with Gasteiger partial charge in [0.2, 0.25) is 0 Å². The molecule has 1 aromatic rings. The number of nitrogens with one attached hydrogen (secondary N) is 1. The van der Waals surface area contributed by atoms with Crippen LogP contribution in [0.2, 0.25) is 0 Å². The predicted octanol–water partition coefficient (Wildman–Crippen LogP) is -0.504. The Balaban J connectivity index is 2.37. The van der Waals surface area contributed by atoms with Gasteiger partial charge in [0.25, 0.3) is 11.4 Å². The number of H-pyrrole nitrogens is 1. The number of aromatic amines is 1. The summed E-state index contributed by atoms with van der Waals surface area (Å²) in [6.07, 6.45) is -0.202. The standard InChI is InChI=1S/C9H11FN2O4S/c10-9(4-13)7(15)5(3-16-9)12-2-1-6(14)11-8(12)17/h1-2,5,7,13,15H,3-4H2,(H,11,14,17)/t5?,7-,9+/m0/s1. The van der Waals surface area contributed by atoms with Gasteiger partial charge in [0.15, 0.2) is 4.77 Å². The minimum absolute atomic E-state index is 0.0624. The fraction of sp³-hybridized carbons (Fsp3) is 0.556. The van der Waals surface area contributed by atoms with Crippen LogP contribution in [0.4, 0.5) is 4.39 Å². The van der Waals surface area contributed by atoms with E-state index in [-0.39, 0.29) is 16.9 Å². The Labute approximate surface area is 100 Å². The van der Waals surface area contributed by atoms with Gasteiger partial charge in [0.05, 0.1) is 12.6 Å². The van der Waals surface area contributed by atoms with E-state index in [4.69, 9.17) is 22.1 Å². The van der Waals surface area contributed by atoms with Crippen molar-refractivity contribution in [2.75, 3.05) is 13.2 Å². The molecule has 1 unspecified atom stereocenters. The Bertz CT molecular complexity index is 530. The number of hydrogen-bond donors (Lipinski definition) is 3. The molecule has 0 bridgehead atoms. The van der Waals surface area contributed by atoms with Crippen molar-refractivity contribution in [2.24, 2.45) is 0 Å². The van der Waals surface area contributed by atoms with Crippen LogP contribution in [-0.4, -0.2) is 44.9 Å². The zero-order valence-electron chi connectivity index (χ0n) is 8.67. The zero-order valence-corrected chi connectivity index (χ0v) is 9.48. The van der Waals surface area contributed by atoms with Gasteiger partial charge >= 0.3 is 0 Å². The molecule has 1 aliphatic heterocycles. The molecule has 1 aliphatic rings. The van der Waals surface area contributed by atoms with Gasteiger partial charge in [-0.2, -0.15) is 0 Å². The molecule has 6 nitrogen and oxygen atoms in total. The molecule has 3 N–H and O–H groups in total. The molecule has 0 saturated carbocycles. The molecule has 1 fully saturated rings. The molecule has 1 aromatic heterocycles. The summed E-state index contributed by atoms with van der Waals surface area (Å²) in [7, 11) is 0. The Hall–Kier alpha value is -1.09. The van der Waals surface area contributed by atoms with Crippen LogP contribution >= 0.6 is 12.2 Å². The monoisotopic (exact) mass is 262 g/mol. The molecular formula is C9H11FN2O4S. The van der Waals surface area contributed by atoms with Crippen LogP contribution in [0.15, 0.2) is 17.1 Å². The lowest BCUT2D eigenvalue weighted by molar-refractivity contribution is -0.180. The number of aromatic nitrogens is 2. The van der Waals surface area contributed by atoms with E-state index >= 15 is 0 Å². The minimum atomic E-state index is -2.49. The van der Waals surface area contributed by atoms with E-state index in [0.717, 1.165) is 0 Å². The number of halogens is 1. The van der Waals surface area contributed by atoms with Crippen molar-refractivity contribution in [3.63, 3.8) is 0 Å². The van der Waals surface area contributed by atoms with Crippen LogP contribution in [-0.2, 0) is 4.74 Å². The van der Waals surface area contributed by atoms with Gasteiger partial charge in [-0.15, -0.1) is 0 Å². The maximum absolute atomic E-state index is 13.7. The molecule has 3 atom stereocenters. The highest BCUT2D eigenvalue weighted by Gasteiger charge is 2.50. The average Bonchev–Trinajstić information content (AvgIpc) is 2.58. The van der Waals surface area contributed by atoms with E-state index in [2.05, 4.69) is 4.98 Å². The normalized spacial score (nSPS) is 32.9. The quantitative estimate of drug-likeness (QED) is 0.625. The third kappa shape index (κ3) is 2.04. The van der Waals surface area contributed by atoms with Crippen molar-refractivity contribution in [1.82, 2.24) is 9.55 Å². The summed E-state index contributed by atoms with van der Waals surface area (Å²) in [5.41, 5.74) is -0.381. The molecule has 0 amide bonds. The fourth-order valence-electron chi connectivity index (χ4n) is 1.75. The first kappa shape index (κ1) is 12.4. The van der Waals surface area contributed by atoms with Gasteiger partial charge in [0.1, 0.15) is 12.7 Å². The molecule has 0 spiro atoms. The Morgan fingerprint density at radius 2 is 2.47 bits per heavy atom. The third-order valence-corrected chi connectivity index (χ3v) is 3.04. The summed E-state index contributed by atoms with van der Waals surface area (Å²) in [5.74, 6) is -2.49. The second kappa shape index (κ2) is 4.30. The van der Waals surface area contributed by atoms with Crippen LogP contribution in [0.1, 0.15) is 6.04 Å². The lowest BCUT2D eigenvalue weighted by Crippen LogP contribution is -2.41. The molecule has 0 aliphatic carbocycles. The Morgan fingerprint density at radius 3 is 3.00 bits per heavy atom. The Kier molecular flexibility index (Phi) is 3.13. The first-order chi connectivity index (χ1) is 7.98. The maximum atomic E-state index is 13.7. The summed E-state index contributed by atoms with van der Waals surface area (Å²) in [6, 6.07) is 0.427. The van der Waals surface area contributed by atoms with E-state index < -0.39 is 24.6 Å². The van der Waals surface area contributed by atoms with Crippen LogP contribution in [0.5, 0.6) is 0 Å². The molecule has 2 rings (SSSR count). The predicted molar refractivity (Wildman–Crippen MR) is 57.8 cm³/mol. The lowest BCUT2D eigenvalue weighted by atomic mass is 10.1. The summed E-state index contributed by atoms with van der Waals surface area (Å²) in [5, 5.41) is 18.6. The second-order valence-electron chi connectivity index (χ2n) is 3.78. The zero-order chi connectivity index (χ0) is 12.6. The van der Waals surface area contributed by atoms with Gasteiger partial charge in [-0.05, 0) is 12.2 Å². The number of rotatable bonds is 2. The summed E-state index contributed by atoms with van der Waals surface area (Å²) < 4.78 is 19.9. The molecule has 0 radical (unpaired) electrons. The number of ether oxygens (including phenoxy) is 1. The smallest absolute Gasteiger partial charge is 0.260 e. The van der Waals surface area contributed by atoms with Crippen molar-refractivity contribution in [3.8, 4) is 0 Å². The largest absolute Gasteiger partial charge is 0.390 e. The van der Waals surface area contributed by atoms with Crippen molar-refractivity contribution in [2.45, 2.75) is 18.0 Å². The van der Waals surface area contributed by atoms with E-state index in [1.54, 1.807) is 0 Å². The number of aliphatic hydroxyl groups excluding tert-OH is 2. The van der Waals surface area contributed by atoms with E-state index in [0.29, 0.717) is 0 Å². The molecule has 2 heterocycles. The van der Waals surface area contributed by atoms with Gasteiger partial charge in [0, 0.05) is 12.3 Å². The molecule has 17 heavy (non-hydrogen) atoms. The van der Waals surface area contributed by atoms with Crippen molar-refractivity contribution in [3.05, 3.63) is 27.4 Å².